The summed E-state index contributed by atoms with van der Waals surface area (Å²) in [6, 6.07) is 11.6. The van der Waals surface area contributed by atoms with Gasteiger partial charge < -0.3 is 4.98 Å². The molecule has 0 amide bonds. The van der Waals surface area contributed by atoms with E-state index < -0.39 is 14.9 Å². The van der Waals surface area contributed by atoms with E-state index in [2.05, 4.69) is 9.71 Å². The molecule has 0 bridgehead atoms. The highest BCUT2D eigenvalue weighted by molar-refractivity contribution is 7.89. The lowest BCUT2D eigenvalue weighted by Crippen LogP contribution is -2.26. The van der Waals surface area contributed by atoms with Gasteiger partial charge in [-0.15, -0.1) is 0 Å². The minimum absolute atomic E-state index is 0.0689. The van der Waals surface area contributed by atoms with E-state index in [0.29, 0.717) is 12.0 Å². The molecule has 0 spiro atoms. The van der Waals surface area contributed by atoms with E-state index in [9.17, 15) is 18.5 Å². The molecule has 25 heavy (non-hydrogen) atoms. The molecule has 0 fully saturated rings. The Balaban J connectivity index is 1.76. The van der Waals surface area contributed by atoms with Crippen LogP contribution in [0.15, 0.2) is 53.6 Å². The lowest BCUT2D eigenvalue weighted by atomic mass is 10.1. The number of para-hydroxylation sites is 1. The Bertz CT molecular complexity index is 1040. The normalized spacial score (nSPS) is 11.7. The van der Waals surface area contributed by atoms with Crippen LogP contribution in [0.2, 0.25) is 0 Å². The standard InChI is InChI=1S/C17H17N3O4S/c1-12-6-7-14(20(21)22)10-17(12)25(23,24)19-9-8-13-11-18-16-5-3-2-4-15(13)16/h2-7,10-11,18-19H,8-9H2,1H3. The fraction of sp³-hybridized carbons (Fsp3) is 0.176. The number of H-pyrrole nitrogens is 1. The zero-order chi connectivity index (χ0) is 18.0. The summed E-state index contributed by atoms with van der Waals surface area (Å²) in [4.78, 5) is 13.3. The Morgan fingerprint density at radius 1 is 1.20 bits per heavy atom. The van der Waals surface area contributed by atoms with Crippen LogP contribution >= 0.6 is 0 Å². The van der Waals surface area contributed by atoms with E-state index in [1.807, 2.05) is 30.5 Å². The first-order chi connectivity index (χ1) is 11.9. The van der Waals surface area contributed by atoms with Gasteiger partial charge >= 0.3 is 0 Å². The van der Waals surface area contributed by atoms with Crippen molar-refractivity contribution in [3.8, 4) is 0 Å². The summed E-state index contributed by atoms with van der Waals surface area (Å²) in [5.41, 5.74) is 2.22. The quantitative estimate of drug-likeness (QED) is 0.521. The predicted molar refractivity (Wildman–Crippen MR) is 95.0 cm³/mol. The van der Waals surface area contributed by atoms with Gasteiger partial charge in [0.15, 0.2) is 0 Å². The number of nitrogens with one attached hydrogen (secondary N) is 2. The molecule has 7 nitrogen and oxygen atoms in total. The van der Waals surface area contributed by atoms with Gasteiger partial charge in [-0.05, 0) is 30.5 Å². The van der Waals surface area contributed by atoms with Gasteiger partial charge in [-0.2, -0.15) is 0 Å². The summed E-state index contributed by atoms with van der Waals surface area (Å²) in [5.74, 6) is 0. The number of fused-ring (bicyclic) bond motifs is 1. The number of nitro groups is 1. The number of aryl methyl sites for hydroxylation is 1. The number of sulfonamides is 1. The molecule has 1 heterocycles. The third-order valence-electron chi connectivity index (χ3n) is 4.03. The van der Waals surface area contributed by atoms with Crippen molar-refractivity contribution < 1.29 is 13.3 Å². The molecule has 3 rings (SSSR count). The van der Waals surface area contributed by atoms with Gasteiger partial charge in [-0.1, -0.05) is 24.3 Å². The number of benzene rings is 2. The van der Waals surface area contributed by atoms with Crippen LogP contribution in [0.4, 0.5) is 5.69 Å². The van der Waals surface area contributed by atoms with Gasteiger partial charge in [-0.25, -0.2) is 13.1 Å². The molecule has 130 valence electrons. The third kappa shape index (κ3) is 3.54. The monoisotopic (exact) mass is 359 g/mol. The topological polar surface area (TPSA) is 105 Å². The molecule has 0 radical (unpaired) electrons. The van der Waals surface area contributed by atoms with Crippen LogP contribution in [0.3, 0.4) is 0 Å². The lowest BCUT2D eigenvalue weighted by Gasteiger charge is -2.09. The molecule has 0 unspecified atom stereocenters. The first-order valence-electron chi connectivity index (χ1n) is 7.68. The first-order valence-corrected chi connectivity index (χ1v) is 9.16. The Morgan fingerprint density at radius 2 is 1.96 bits per heavy atom. The minimum atomic E-state index is -3.82. The van der Waals surface area contributed by atoms with Crippen molar-refractivity contribution >= 4 is 26.6 Å². The number of hydrogen-bond acceptors (Lipinski definition) is 4. The molecule has 0 aliphatic carbocycles. The number of nitrogens with zero attached hydrogens (tertiary/aromatic N) is 1. The molecule has 0 atom stereocenters. The van der Waals surface area contributed by atoms with Crippen molar-refractivity contribution in [1.82, 2.24) is 9.71 Å². The summed E-state index contributed by atoms with van der Waals surface area (Å²) in [5, 5.41) is 11.9. The van der Waals surface area contributed by atoms with Crippen molar-refractivity contribution in [3.63, 3.8) is 0 Å². The van der Waals surface area contributed by atoms with Gasteiger partial charge in [0, 0.05) is 35.8 Å². The molecule has 0 aliphatic rings. The van der Waals surface area contributed by atoms with Gasteiger partial charge in [0.1, 0.15) is 0 Å². The fourth-order valence-electron chi connectivity index (χ4n) is 2.73. The van der Waals surface area contributed by atoms with Crippen molar-refractivity contribution in [2.45, 2.75) is 18.2 Å². The predicted octanol–water partition coefficient (Wildman–Crippen LogP) is 2.91. The van der Waals surface area contributed by atoms with Crippen LogP contribution < -0.4 is 4.72 Å². The second-order valence-electron chi connectivity index (χ2n) is 5.71. The van der Waals surface area contributed by atoms with Crippen LogP contribution in [-0.2, 0) is 16.4 Å². The smallest absolute Gasteiger partial charge is 0.270 e. The summed E-state index contributed by atoms with van der Waals surface area (Å²) in [7, 11) is -3.82. The molecular formula is C17H17N3O4S. The van der Waals surface area contributed by atoms with Crippen LogP contribution in [0.1, 0.15) is 11.1 Å². The second-order valence-corrected chi connectivity index (χ2v) is 7.45. The summed E-state index contributed by atoms with van der Waals surface area (Å²) < 4.78 is 27.5. The first kappa shape index (κ1) is 17.1. The lowest BCUT2D eigenvalue weighted by molar-refractivity contribution is -0.385. The number of non-ortho nitro benzene ring substituents is 1. The molecule has 2 N–H and O–H groups in total. The molecule has 3 aromatic rings. The Labute approximate surface area is 144 Å². The molecule has 2 aromatic carbocycles. The van der Waals surface area contributed by atoms with E-state index in [1.165, 1.54) is 12.1 Å². The highest BCUT2D eigenvalue weighted by atomic mass is 32.2. The van der Waals surface area contributed by atoms with E-state index in [-0.39, 0.29) is 17.1 Å². The molecular weight excluding hydrogens is 342 g/mol. The summed E-state index contributed by atoms with van der Waals surface area (Å²) in [6.07, 6.45) is 2.37. The van der Waals surface area contributed by atoms with E-state index in [0.717, 1.165) is 22.5 Å². The van der Waals surface area contributed by atoms with Gasteiger partial charge in [0.2, 0.25) is 10.0 Å². The van der Waals surface area contributed by atoms with Crippen molar-refractivity contribution in [2.24, 2.45) is 0 Å². The zero-order valence-corrected chi connectivity index (χ0v) is 14.3. The van der Waals surface area contributed by atoms with E-state index in [1.54, 1.807) is 6.92 Å². The van der Waals surface area contributed by atoms with Crippen molar-refractivity contribution in [3.05, 3.63) is 69.9 Å². The van der Waals surface area contributed by atoms with Crippen LogP contribution in [0.5, 0.6) is 0 Å². The Morgan fingerprint density at radius 3 is 2.72 bits per heavy atom. The maximum absolute atomic E-state index is 12.5. The summed E-state index contributed by atoms with van der Waals surface area (Å²) in [6.45, 7) is 1.81. The molecule has 0 aliphatic heterocycles. The Kier molecular flexibility index (Phi) is 4.56. The average molecular weight is 359 g/mol. The fourth-order valence-corrected chi connectivity index (χ4v) is 4.02. The summed E-state index contributed by atoms with van der Waals surface area (Å²) >= 11 is 0. The Hall–Kier alpha value is -2.71. The van der Waals surface area contributed by atoms with Gasteiger partial charge in [0.25, 0.3) is 5.69 Å². The van der Waals surface area contributed by atoms with Gasteiger partial charge in [-0.3, -0.25) is 10.1 Å². The van der Waals surface area contributed by atoms with Crippen LogP contribution in [0.25, 0.3) is 10.9 Å². The molecule has 0 saturated carbocycles. The van der Waals surface area contributed by atoms with E-state index in [4.69, 9.17) is 0 Å². The third-order valence-corrected chi connectivity index (χ3v) is 5.64. The minimum Gasteiger partial charge on any atom is -0.361 e. The average Bonchev–Trinajstić information content (AvgIpc) is 2.98. The number of nitro benzene ring substituents is 1. The van der Waals surface area contributed by atoms with Crippen molar-refractivity contribution in [1.29, 1.82) is 0 Å². The van der Waals surface area contributed by atoms with Crippen molar-refractivity contribution in [2.75, 3.05) is 6.54 Å². The zero-order valence-electron chi connectivity index (χ0n) is 13.5. The van der Waals surface area contributed by atoms with Crippen LogP contribution in [-0.4, -0.2) is 24.9 Å². The number of rotatable bonds is 6. The maximum Gasteiger partial charge on any atom is 0.270 e. The second kappa shape index (κ2) is 6.66. The number of aromatic amines is 1. The number of hydrogen-bond donors (Lipinski definition) is 2. The molecule has 8 heteroatoms. The van der Waals surface area contributed by atoms with Crippen LogP contribution in [0, 0.1) is 17.0 Å². The van der Waals surface area contributed by atoms with Gasteiger partial charge in [0.05, 0.1) is 9.82 Å². The largest absolute Gasteiger partial charge is 0.361 e. The highest BCUT2D eigenvalue weighted by Gasteiger charge is 2.20. The number of aromatic nitrogens is 1. The SMILES string of the molecule is Cc1ccc([N+](=O)[O-])cc1S(=O)(=O)NCCc1c[nH]c2ccccc12. The maximum atomic E-state index is 12.5. The molecule has 1 aromatic heterocycles. The molecule has 0 saturated heterocycles. The highest BCUT2D eigenvalue weighted by Crippen LogP contribution is 2.22. The van der Waals surface area contributed by atoms with E-state index >= 15 is 0 Å².